The highest BCUT2D eigenvalue weighted by Gasteiger charge is 2.17. The Morgan fingerprint density at radius 2 is 1.07 bits per heavy atom. The summed E-state index contributed by atoms with van der Waals surface area (Å²) >= 11 is 0.365. The van der Waals surface area contributed by atoms with Gasteiger partial charge in [-0.25, -0.2) is 0 Å². The molecular weight excluding hydrogens is 264 g/mol. The molecule has 0 radical (unpaired) electrons. The number of nitrogens with zero attached hydrogens (tertiary/aromatic N) is 2. The van der Waals surface area contributed by atoms with E-state index in [1.54, 1.807) is 0 Å². The second kappa shape index (κ2) is 5.43. The molecule has 0 fully saturated rings. The van der Waals surface area contributed by atoms with Crippen LogP contribution in [0.25, 0.3) is 0 Å². The topological polar surface area (TPSA) is 98.8 Å². The van der Waals surface area contributed by atoms with E-state index < -0.39 is 20.4 Å². The van der Waals surface area contributed by atoms with Crippen molar-refractivity contribution in [3.8, 4) is 0 Å². The molecule has 0 aromatic heterocycles. The molecule has 2 N–H and O–H groups in total. The van der Waals surface area contributed by atoms with Crippen LogP contribution in [0.3, 0.4) is 0 Å². The Bertz CT molecular complexity index is 348. The molecule has 92 valence electrons. The summed E-state index contributed by atoms with van der Waals surface area (Å²) in [5, 5.41) is 0. The lowest BCUT2D eigenvalue weighted by atomic mass is 11.3. The van der Waals surface area contributed by atoms with Crippen molar-refractivity contribution < 1.29 is 16.8 Å². The lowest BCUT2D eigenvalue weighted by Crippen LogP contribution is -2.37. The normalized spacial score (nSPS) is 13.7. The standard InChI is InChI=1S/C4H14N4O4S3/c1-7(2)14(9,10)5-13-6-15(11,12)8(3)4/h5-6H,1-4H3. The molecule has 0 unspecified atom stereocenters. The van der Waals surface area contributed by atoms with Gasteiger partial charge in [-0.3, -0.25) is 0 Å². The molecule has 0 amide bonds. The Hall–Kier alpha value is 0.0900. The summed E-state index contributed by atoms with van der Waals surface area (Å²) in [6.07, 6.45) is 0. The zero-order valence-electron chi connectivity index (χ0n) is 8.75. The fraction of sp³-hybridized carbons (Fsp3) is 1.00. The van der Waals surface area contributed by atoms with Gasteiger partial charge in [0.25, 0.3) is 20.4 Å². The third-order valence-corrected chi connectivity index (χ3v) is 5.53. The van der Waals surface area contributed by atoms with Gasteiger partial charge in [0.1, 0.15) is 0 Å². The zero-order chi connectivity index (χ0) is 12.3. The molecule has 0 aliphatic heterocycles. The van der Waals surface area contributed by atoms with Crippen LogP contribution in [-0.4, -0.2) is 53.6 Å². The molecule has 0 bridgehead atoms. The van der Waals surface area contributed by atoms with Crippen LogP contribution >= 0.6 is 12.1 Å². The smallest absolute Gasteiger partial charge is 0.194 e. The predicted molar refractivity (Wildman–Crippen MR) is 59.1 cm³/mol. The van der Waals surface area contributed by atoms with Crippen LogP contribution in [0.4, 0.5) is 0 Å². The van der Waals surface area contributed by atoms with Crippen molar-refractivity contribution in [1.82, 2.24) is 16.9 Å². The van der Waals surface area contributed by atoms with E-state index in [0.29, 0.717) is 12.1 Å². The highest BCUT2D eigenvalue weighted by Crippen LogP contribution is 1.99. The molecule has 0 saturated heterocycles. The summed E-state index contributed by atoms with van der Waals surface area (Å²) < 4.78 is 50.3. The quantitative estimate of drug-likeness (QED) is 0.567. The van der Waals surface area contributed by atoms with Gasteiger partial charge >= 0.3 is 0 Å². The molecule has 0 aliphatic rings. The van der Waals surface area contributed by atoms with Gasteiger partial charge in [0.15, 0.2) is 0 Å². The Morgan fingerprint density at radius 1 is 0.800 bits per heavy atom. The van der Waals surface area contributed by atoms with E-state index in [1.807, 2.05) is 8.25 Å². The molecule has 0 spiro atoms. The van der Waals surface area contributed by atoms with Crippen LogP contribution in [0.1, 0.15) is 0 Å². The number of rotatable bonds is 6. The van der Waals surface area contributed by atoms with Crippen LogP contribution in [-0.2, 0) is 20.4 Å². The van der Waals surface area contributed by atoms with Crippen LogP contribution in [0.15, 0.2) is 0 Å². The molecular formula is C4H14N4O4S3. The Balaban J connectivity index is 4.25. The molecule has 0 aliphatic carbocycles. The van der Waals surface area contributed by atoms with Gasteiger partial charge in [-0.05, 0) is 0 Å². The molecule has 0 atom stereocenters. The lowest BCUT2D eigenvalue weighted by Gasteiger charge is -2.14. The van der Waals surface area contributed by atoms with Crippen LogP contribution in [0.5, 0.6) is 0 Å². The summed E-state index contributed by atoms with van der Waals surface area (Å²) in [5.41, 5.74) is 0. The molecule has 0 aromatic rings. The van der Waals surface area contributed by atoms with Gasteiger partial charge < -0.3 is 0 Å². The molecule has 8 nitrogen and oxygen atoms in total. The fourth-order valence-corrected chi connectivity index (χ4v) is 2.75. The average Bonchev–Trinajstić information content (AvgIpc) is 2.02. The first-order valence-electron chi connectivity index (χ1n) is 3.64. The maximum absolute atomic E-state index is 11.1. The van der Waals surface area contributed by atoms with E-state index in [0.717, 1.165) is 8.61 Å². The van der Waals surface area contributed by atoms with E-state index in [9.17, 15) is 16.8 Å². The van der Waals surface area contributed by atoms with Crippen molar-refractivity contribution in [2.24, 2.45) is 0 Å². The third kappa shape index (κ3) is 5.10. The van der Waals surface area contributed by atoms with Crippen molar-refractivity contribution in [3.63, 3.8) is 0 Å². The van der Waals surface area contributed by atoms with E-state index >= 15 is 0 Å². The minimum Gasteiger partial charge on any atom is -0.194 e. The van der Waals surface area contributed by atoms with Gasteiger partial charge in [-0.15, -0.1) is 8.25 Å². The van der Waals surface area contributed by atoms with Crippen molar-refractivity contribution in [1.29, 1.82) is 0 Å². The lowest BCUT2D eigenvalue weighted by molar-refractivity contribution is 0.517. The highest BCUT2D eigenvalue weighted by molar-refractivity contribution is 8.13. The maximum atomic E-state index is 11.1. The molecule has 0 heterocycles. The minimum absolute atomic E-state index is 0.365. The summed E-state index contributed by atoms with van der Waals surface area (Å²) in [6.45, 7) is 0. The van der Waals surface area contributed by atoms with E-state index in [1.165, 1.54) is 28.2 Å². The molecule has 0 rings (SSSR count). The number of nitrogens with one attached hydrogen (secondary N) is 2. The molecule has 15 heavy (non-hydrogen) atoms. The van der Waals surface area contributed by atoms with E-state index in [-0.39, 0.29) is 0 Å². The third-order valence-electron chi connectivity index (χ3n) is 1.26. The highest BCUT2D eigenvalue weighted by atomic mass is 32.3. The Morgan fingerprint density at radius 3 is 1.27 bits per heavy atom. The van der Waals surface area contributed by atoms with Crippen LogP contribution in [0, 0.1) is 0 Å². The van der Waals surface area contributed by atoms with Crippen molar-refractivity contribution >= 4 is 32.6 Å². The monoisotopic (exact) mass is 278 g/mol. The van der Waals surface area contributed by atoms with E-state index in [4.69, 9.17) is 0 Å². The Kier molecular flexibility index (Phi) is 5.46. The Labute approximate surface area is 94.6 Å². The van der Waals surface area contributed by atoms with Crippen molar-refractivity contribution in [2.45, 2.75) is 0 Å². The average molecular weight is 278 g/mol. The summed E-state index contributed by atoms with van der Waals surface area (Å²) in [6, 6.07) is 0. The largest absolute Gasteiger partial charge is 0.289 e. The first-order chi connectivity index (χ1) is 6.59. The molecule has 0 saturated carbocycles. The van der Waals surface area contributed by atoms with Gasteiger partial charge in [0, 0.05) is 40.3 Å². The number of hydrogen-bond acceptors (Lipinski definition) is 5. The second-order valence-electron chi connectivity index (χ2n) is 2.84. The van der Waals surface area contributed by atoms with Crippen LogP contribution < -0.4 is 8.25 Å². The SMILES string of the molecule is CN(C)S(=O)(=O)NSNS(=O)(=O)N(C)C. The second-order valence-corrected chi connectivity index (χ2v) is 7.74. The maximum Gasteiger partial charge on any atom is 0.289 e. The first kappa shape index (κ1) is 15.1. The van der Waals surface area contributed by atoms with Crippen LogP contribution in [0.2, 0.25) is 0 Å². The molecule has 0 aromatic carbocycles. The van der Waals surface area contributed by atoms with Crippen molar-refractivity contribution in [3.05, 3.63) is 0 Å². The first-order valence-corrected chi connectivity index (χ1v) is 7.33. The van der Waals surface area contributed by atoms with Gasteiger partial charge in [-0.2, -0.15) is 25.4 Å². The summed E-state index contributed by atoms with van der Waals surface area (Å²) in [4.78, 5) is 0. The number of hydrogen-bond donors (Lipinski definition) is 2. The van der Waals surface area contributed by atoms with Gasteiger partial charge in [0.2, 0.25) is 0 Å². The summed E-state index contributed by atoms with van der Waals surface area (Å²) in [5.74, 6) is 0. The fourth-order valence-electron chi connectivity index (χ4n) is 0.271. The molecule has 11 heteroatoms. The van der Waals surface area contributed by atoms with Gasteiger partial charge in [0.05, 0.1) is 0 Å². The van der Waals surface area contributed by atoms with Crippen molar-refractivity contribution in [2.75, 3.05) is 28.2 Å². The van der Waals surface area contributed by atoms with Gasteiger partial charge in [-0.1, -0.05) is 0 Å². The predicted octanol–water partition coefficient (Wildman–Crippen LogP) is -1.66. The van der Waals surface area contributed by atoms with E-state index in [2.05, 4.69) is 0 Å². The zero-order valence-corrected chi connectivity index (χ0v) is 11.2. The summed E-state index contributed by atoms with van der Waals surface area (Å²) in [7, 11) is -2.00. The minimum atomic E-state index is -3.65.